The Kier molecular flexibility index (Phi) is 4.46. The molecule has 0 unspecified atom stereocenters. The highest BCUT2D eigenvalue weighted by Gasteiger charge is 2.37. The van der Waals surface area contributed by atoms with Crippen molar-refractivity contribution >= 4 is 5.91 Å². The molecule has 4 rings (SSSR count). The van der Waals surface area contributed by atoms with Gasteiger partial charge in [0.25, 0.3) is 0 Å². The Balaban J connectivity index is 1.52. The largest absolute Gasteiger partial charge is 0.493 e. The summed E-state index contributed by atoms with van der Waals surface area (Å²) in [6.45, 7) is 2.07. The van der Waals surface area contributed by atoms with Crippen molar-refractivity contribution < 1.29 is 19.4 Å². The van der Waals surface area contributed by atoms with Crippen LogP contribution in [0.1, 0.15) is 42.9 Å². The van der Waals surface area contributed by atoms with Gasteiger partial charge in [0, 0.05) is 25.6 Å². The molecule has 1 aromatic carbocycles. The fourth-order valence-corrected chi connectivity index (χ4v) is 4.01. The first-order valence-corrected chi connectivity index (χ1v) is 9.02. The van der Waals surface area contributed by atoms with Gasteiger partial charge in [-0.1, -0.05) is 6.07 Å². The molecule has 1 amide bonds. The molecule has 1 atom stereocenters. The zero-order chi connectivity index (χ0) is 16.5. The molecule has 2 heterocycles. The van der Waals surface area contributed by atoms with Crippen molar-refractivity contribution in [2.45, 2.75) is 44.2 Å². The summed E-state index contributed by atoms with van der Waals surface area (Å²) in [4.78, 5) is 12.7. The number of fused-ring (bicyclic) bond motifs is 1. The minimum absolute atomic E-state index is 0.0188. The lowest BCUT2D eigenvalue weighted by molar-refractivity contribution is -0.129. The molecule has 0 radical (unpaired) electrons. The third-order valence-electron chi connectivity index (χ3n) is 5.58. The van der Waals surface area contributed by atoms with E-state index in [1.165, 1.54) is 5.56 Å². The highest BCUT2D eigenvalue weighted by molar-refractivity contribution is 5.79. The van der Waals surface area contributed by atoms with Crippen LogP contribution in [0.15, 0.2) is 18.2 Å². The standard InChI is InChI=1S/C19H25NO4/c21-16-10-15(11-16)18(20-19(22)12-3-6-23-7-4-12)14-1-2-17-13(9-14)5-8-24-17/h1-2,9,12,15-16,18,21H,3-8,10-11H2,(H,20,22)/t15?,16?,18-/m0/s1. The van der Waals surface area contributed by atoms with Gasteiger partial charge < -0.3 is 19.9 Å². The number of carbonyl (C=O) groups is 1. The Morgan fingerprint density at radius 2 is 2.00 bits per heavy atom. The highest BCUT2D eigenvalue weighted by atomic mass is 16.5. The molecular formula is C19H25NO4. The molecule has 2 N–H and O–H groups in total. The number of rotatable bonds is 4. The lowest BCUT2D eigenvalue weighted by Crippen LogP contribution is -2.44. The maximum Gasteiger partial charge on any atom is 0.223 e. The number of hydrogen-bond acceptors (Lipinski definition) is 4. The normalized spacial score (nSPS) is 27.7. The van der Waals surface area contributed by atoms with E-state index in [4.69, 9.17) is 9.47 Å². The Labute approximate surface area is 142 Å². The SMILES string of the molecule is O=C(N[C@@H](c1ccc2c(c1)CCO2)C1CC(O)C1)C1CCOCC1. The van der Waals surface area contributed by atoms with Gasteiger partial charge in [0.15, 0.2) is 0 Å². The van der Waals surface area contributed by atoms with Crippen LogP contribution < -0.4 is 10.1 Å². The van der Waals surface area contributed by atoms with Crippen LogP contribution in [0.4, 0.5) is 0 Å². The van der Waals surface area contributed by atoms with Crippen LogP contribution in [-0.2, 0) is 16.0 Å². The lowest BCUT2D eigenvalue weighted by Gasteiger charge is -2.39. The summed E-state index contributed by atoms with van der Waals surface area (Å²) < 4.78 is 10.9. The topological polar surface area (TPSA) is 67.8 Å². The summed E-state index contributed by atoms with van der Waals surface area (Å²) >= 11 is 0. The Bertz CT molecular complexity index is 605. The number of aliphatic hydroxyl groups is 1. The average Bonchev–Trinajstić information content (AvgIpc) is 3.05. The van der Waals surface area contributed by atoms with E-state index < -0.39 is 0 Å². The second-order valence-electron chi connectivity index (χ2n) is 7.22. The molecule has 3 aliphatic rings. The zero-order valence-electron chi connectivity index (χ0n) is 13.9. The third-order valence-corrected chi connectivity index (χ3v) is 5.58. The lowest BCUT2D eigenvalue weighted by atomic mass is 9.74. The number of aliphatic hydroxyl groups excluding tert-OH is 1. The van der Waals surface area contributed by atoms with E-state index in [0.29, 0.717) is 19.1 Å². The molecule has 0 aromatic heterocycles. The van der Waals surface area contributed by atoms with Crippen molar-refractivity contribution in [3.8, 4) is 5.75 Å². The molecule has 0 spiro atoms. The summed E-state index contributed by atoms with van der Waals surface area (Å²) in [5.41, 5.74) is 2.36. The molecular weight excluding hydrogens is 306 g/mol. The monoisotopic (exact) mass is 331 g/mol. The van der Waals surface area contributed by atoms with Gasteiger partial charge in [0.05, 0.1) is 18.8 Å². The van der Waals surface area contributed by atoms with Crippen molar-refractivity contribution in [2.24, 2.45) is 11.8 Å². The van der Waals surface area contributed by atoms with E-state index in [2.05, 4.69) is 17.4 Å². The maximum absolute atomic E-state index is 12.7. The number of benzene rings is 1. The summed E-state index contributed by atoms with van der Waals surface area (Å²) in [7, 11) is 0. The molecule has 1 aliphatic carbocycles. The molecule has 1 saturated heterocycles. The van der Waals surface area contributed by atoms with E-state index in [-0.39, 0.29) is 24.0 Å². The quantitative estimate of drug-likeness (QED) is 0.885. The van der Waals surface area contributed by atoms with Gasteiger partial charge in [0.1, 0.15) is 5.75 Å². The summed E-state index contributed by atoms with van der Waals surface area (Å²) in [6, 6.07) is 6.22. The smallest absolute Gasteiger partial charge is 0.223 e. The number of nitrogens with one attached hydrogen (secondary N) is 1. The van der Waals surface area contributed by atoms with E-state index in [0.717, 1.165) is 50.0 Å². The van der Waals surface area contributed by atoms with Crippen molar-refractivity contribution in [1.82, 2.24) is 5.32 Å². The van der Waals surface area contributed by atoms with Crippen LogP contribution >= 0.6 is 0 Å². The van der Waals surface area contributed by atoms with Crippen LogP contribution in [0.2, 0.25) is 0 Å². The fourth-order valence-electron chi connectivity index (χ4n) is 4.01. The van der Waals surface area contributed by atoms with Crippen molar-refractivity contribution in [1.29, 1.82) is 0 Å². The molecule has 0 bridgehead atoms. The first-order chi connectivity index (χ1) is 11.7. The van der Waals surface area contributed by atoms with Crippen molar-refractivity contribution in [3.05, 3.63) is 29.3 Å². The van der Waals surface area contributed by atoms with Crippen LogP contribution in [-0.4, -0.2) is 36.9 Å². The molecule has 1 saturated carbocycles. The van der Waals surface area contributed by atoms with Gasteiger partial charge in [0.2, 0.25) is 5.91 Å². The minimum atomic E-state index is -0.227. The summed E-state index contributed by atoms with van der Waals surface area (Å²) in [5.74, 6) is 1.44. The molecule has 5 heteroatoms. The molecule has 5 nitrogen and oxygen atoms in total. The first kappa shape index (κ1) is 15.9. The molecule has 130 valence electrons. The Morgan fingerprint density at radius 1 is 1.21 bits per heavy atom. The van der Waals surface area contributed by atoms with Gasteiger partial charge in [-0.3, -0.25) is 4.79 Å². The molecule has 2 aliphatic heterocycles. The Hall–Kier alpha value is -1.59. The van der Waals surface area contributed by atoms with Crippen LogP contribution in [0.25, 0.3) is 0 Å². The number of hydrogen-bond donors (Lipinski definition) is 2. The summed E-state index contributed by atoms with van der Waals surface area (Å²) in [6.07, 6.45) is 3.80. The van der Waals surface area contributed by atoms with Crippen LogP contribution in [0.3, 0.4) is 0 Å². The van der Waals surface area contributed by atoms with Crippen molar-refractivity contribution in [3.63, 3.8) is 0 Å². The van der Waals surface area contributed by atoms with E-state index in [1.54, 1.807) is 0 Å². The van der Waals surface area contributed by atoms with Gasteiger partial charge in [-0.05, 0) is 54.9 Å². The van der Waals surface area contributed by atoms with E-state index in [9.17, 15) is 9.90 Å². The number of carbonyl (C=O) groups excluding carboxylic acids is 1. The van der Waals surface area contributed by atoms with Crippen molar-refractivity contribution in [2.75, 3.05) is 19.8 Å². The second-order valence-corrected chi connectivity index (χ2v) is 7.22. The molecule has 24 heavy (non-hydrogen) atoms. The molecule has 2 fully saturated rings. The summed E-state index contributed by atoms with van der Waals surface area (Å²) in [5, 5.41) is 13.0. The van der Waals surface area contributed by atoms with Gasteiger partial charge in [-0.25, -0.2) is 0 Å². The minimum Gasteiger partial charge on any atom is -0.493 e. The highest BCUT2D eigenvalue weighted by Crippen LogP contribution is 2.40. The Morgan fingerprint density at radius 3 is 2.75 bits per heavy atom. The van der Waals surface area contributed by atoms with Crippen LogP contribution in [0, 0.1) is 11.8 Å². The van der Waals surface area contributed by atoms with Gasteiger partial charge in [-0.15, -0.1) is 0 Å². The zero-order valence-corrected chi connectivity index (χ0v) is 13.9. The number of ether oxygens (including phenoxy) is 2. The van der Waals surface area contributed by atoms with E-state index in [1.807, 2.05) is 6.07 Å². The first-order valence-electron chi connectivity index (χ1n) is 9.02. The predicted molar refractivity (Wildman–Crippen MR) is 88.8 cm³/mol. The molecule has 1 aromatic rings. The average molecular weight is 331 g/mol. The van der Waals surface area contributed by atoms with E-state index >= 15 is 0 Å². The van der Waals surface area contributed by atoms with Gasteiger partial charge >= 0.3 is 0 Å². The predicted octanol–water partition coefficient (Wildman–Crippen LogP) is 1.98. The fraction of sp³-hybridized carbons (Fsp3) is 0.632. The second kappa shape index (κ2) is 6.73. The van der Waals surface area contributed by atoms with Gasteiger partial charge in [-0.2, -0.15) is 0 Å². The maximum atomic E-state index is 12.7. The third kappa shape index (κ3) is 3.15. The number of amides is 1. The van der Waals surface area contributed by atoms with Crippen LogP contribution in [0.5, 0.6) is 5.75 Å².